The zero-order chi connectivity index (χ0) is 21.5. The Balaban J connectivity index is 1.49. The minimum absolute atomic E-state index is 0.0190. The van der Waals surface area contributed by atoms with Crippen LogP contribution in [0.15, 0.2) is 42.5 Å². The van der Waals surface area contributed by atoms with Crippen molar-refractivity contribution in [3.8, 4) is 0 Å². The number of nitrogens with zero attached hydrogens (tertiary/aromatic N) is 1. The summed E-state index contributed by atoms with van der Waals surface area (Å²) in [5.74, 6) is -0.405. The van der Waals surface area contributed by atoms with Crippen LogP contribution in [0.3, 0.4) is 0 Å². The van der Waals surface area contributed by atoms with Crippen LogP contribution in [0.25, 0.3) is 0 Å². The number of likely N-dealkylation sites (N-methyl/N-ethyl adjacent to an activating group) is 1. The summed E-state index contributed by atoms with van der Waals surface area (Å²) in [5, 5.41) is 8.85. The van der Waals surface area contributed by atoms with Crippen molar-refractivity contribution in [3.63, 3.8) is 0 Å². The number of amides is 3. The third kappa shape index (κ3) is 6.43. The Kier molecular flexibility index (Phi) is 7.65. The molecule has 0 aliphatic carbocycles. The van der Waals surface area contributed by atoms with Crippen LogP contribution in [0.2, 0.25) is 5.02 Å². The van der Waals surface area contributed by atoms with E-state index in [1.165, 1.54) is 12.1 Å². The second-order valence-corrected chi connectivity index (χ2v) is 7.86. The molecule has 1 saturated heterocycles. The molecule has 160 valence electrons. The molecule has 0 radical (unpaired) electrons. The van der Waals surface area contributed by atoms with Gasteiger partial charge in [0.25, 0.3) is 0 Å². The summed E-state index contributed by atoms with van der Waals surface area (Å²) < 4.78 is 13.2. The Morgan fingerprint density at radius 1 is 1.20 bits per heavy atom. The van der Waals surface area contributed by atoms with Crippen LogP contribution in [0.4, 0.5) is 14.9 Å². The van der Waals surface area contributed by atoms with Crippen LogP contribution < -0.4 is 16.0 Å². The number of carbonyl (C=O) groups is 2. The quantitative estimate of drug-likeness (QED) is 0.653. The number of hydrogen-bond acceptors (Lipinski definition) is 3. The Morgan fingerprint density at radius 3 is 2.67 bits per heavy atom. The maximum Gasteiger partial charge on any atom is 0.319 e. The summed E-state index contributed by atoms with van der Waals surface area (Å²) in [6.07, 6.45) is 2.16. The molecule has 2 aromatic carbocycles. The van der Waals surface area contributed by atoms with Crippen LogP contribution in [-0.2, 0) is 17.8 Å². The molecule has 1 aliphatic rings. The molecule has 30 heavy (non-hydrogen) atoms. The zero-order valence-corrected chi connectivity index (χ0v) is 17.6. The number of hydrogen-bond donors (Lipinski definition) is 3. The van der Waals surface area contributed by atoms with Crippen molar-refractivity contribution in [2.24, 2.45) is 0 Å². The number of nitrogens with one attached hydrogen (secondary N) is 3. The Hall–Kier alpha value is -2.64. The van der Waals surface area contributed by atoms with Crippen molar-refractivity contribution in [2.75, 3.05) is 25.5 Å². The number of halogens is 2. The number of carbonyl (C=O) groups excluding carboxylic acids is 2. The molecule has 1 atom stereocenters. The fraction of sp³-hybridized carbons (Fsp3) is 0.364. The van der Waals surface area contributed by atoms with Gasteiger partial charge in [0.15, 0.2) is 0 Å². The first-order valence-electron chi connectivity index (χ1n) is 9.96. The van der Waals surface area contributed by atoms with Crippen molar-refractivity contribution in [1.29, 1.82) is 0 Å². The van der Waals surface area contributed by atoms with E-state index in [0.29, 0.717) is 30.2 Å². The van der Waals surface area contributed by atoms with Gasteiger partial charge in [-0.15, -0.1) is 0 Å². The van der Waals surface area contributed by atoms with Gasteiger partial charge in [-0.3, -0.25) is 9.69 Å². The molecule has 3 rings (SSSR count). The fourth-order valence-electron chi connectivity index (χ4n) is 3.54. The molecule has 1 unspecified atom stereocenters. The first kappa shape index (κ1) is 22.1. The van der Waals surface area contributed by atoms with Crippen molar-refractivity contribution in [2.45, 2.75) is 31.8 Å². The van der Waals surface area contributed by atoms with Crippen molar-refractivity contribution < 1.29 is 14.0 Å². The SMILES string of the molecule is CNC(=O)Cc1ccc(NC(=O)NC2CCCN(Cc3ccc(F)cc3Cl)C2)cc1. The van der Waals surface area contributed by atoms with Gasteiger partial charge in [0.2, 0.25) is 5.91 Å². The van der Waals surface area contributed by atoms with E-state index < -0.39 is 0 Å². The summed E-state index contributed by atoms with van der Waals surface area (Å²) in [6, 6.07) is 11.4. The van der Waals surface area contributed by atoms with E-state index >= 15 is 0 Å². The lowest BCUT2D eigenvalue weighted by Gasteiger charge is -2.33. The molecule has 2 aromatic rings. The molecule has 1 fully saturated rings. The summed E-state index contributed by atoms with van der Waals surface area (Å²) in [7, 11) is 1.60. The van der Waals surface area contributed by atoms with Gasteiger partial charge in [-0.1, -0.05) is 29.8 Å². The fourth-order valence-corrected chi connectivity index (χ4v) is 3.77. The number of anilines is 1. The highest BCUT2D eigenvalue weighted by Crippen LogP contribution is 2.21. The molecule has 0 aromatic heterocycles. The molecule has 1 heterocycles. The topological polar surface area (TPSA) is 73.5 Å². The standard InChI is InChI=1S/C22H26ClFN4O2/c1-25-21(29)11-15-4-8-18(9-5-15)26-22(30)27-19-3-2-10-28(14-19)13-16-6-7-17(24)12-20(16)23/h4-9,12,19H,2-3,10-11,13-14H2,1H3,(H,25,29)(H2,26,27,30). The molecule has 1 aliphatic heterocycles. The predicted octanol–water partition coefficient (Wildman–Crippen LogP) is 3.55. The molecule has 3 amide bonds. The summed E-state index contributed by atoms with van der Waals surface area (Å²) in [6.45, 7) is 2.22. The van der Waals surface area contributed by atoms with Gasteiger partial charge in [-0.2, -0.15) is 0 Å². The van der Waals surface area contributed by atoms with E-state index in [1.54, 1.807) is 25.2 Å². The van der Waals surface area contributed by atoms with E-state index in [1.807, 2.05) is 12.1 Å². The summed E-state index contributed by atoms with van der Waals surface area (Å²) in [5.41, 5.74) is 2.42. The number of rotatable bonds is 6. The molecule has 0 spiro atoms. The van der Waals surface area contributed by atoms with Gasteiger partial charge < -0.3 is 16.0 Å². The van der Waals surface area contributed by atoms with Gasteiger partial charge >= 0.3 is 6.03 Å². The largest absolute Gasteiger partial charge is 0.359 e. The lowest BCUT2D eigenvalue weighted by atomic mass is 10.0. The minimum Gasteiger partial charge on any atom is -0.359 e. The monoisotopic (exact) mass is 432 g/mol. The maximum atomic E-state index is 13.2. The van der Waals surface area contributed by atoms with Crippen LogP contribution in [0.5, 0.6) is 0 Å². The summed E-state index contributed by atoms with van der Waals surface area (Å²) in [4.78, 5) is 26.0. The number of piperidine rings is 1. The Bertz CT molecular complexity index is 891. The van der Waals surface area contributed by atoms with E-state index in [4.69, 9.17) is 11.6 Å². The third-order valence-electron chi connectivity index (χ3n) is 5.11. The average Bonchev–Trinajstić information content (AvgIpc) is 2.71. The van der Waals surface area contributed by atoms with E-state index in [9.17, 15) is 14.0 Å². The van der Waals surface area contributed by atoms with Crippen LogP contribution >= 0.6 is 11.6 Å². The highest BCUT2D eigenvalue weighted by atomic mass is 35.5. The third-order valence-corrected chi connectivity index (χ3v) is 5.46. The first-order chi connectivity index (χ1) is 14.4. The number of urea groups is 1. The van der Waals surface area contributed by atoms with Gasteiger partial charge in [0.05, 0.1) is 6.42 Å². The summed E-state index contributed by atoms with van der Waals surface area (Å²) >= 11 is 6.14. The van der Waals surface area contributed by atoms with Crippen molar-refractivity contribution in [1.82, 2.24) is 15.5 Å². The number of benzene rings is 2. The molecule has 8 heteroatoms. The highest BCUT2D eigenvalue weighted by molar-refractivity contribution is 6.31. The normalized spacial score (nSPS) is 16.7. The zero-order valence-electron chi connectivity index (χ0n) is 16.9. The van der Waals surface area contributed by atoms with Gasteiger partial charge in [-0.25, -0.2) is 9.18 Å². The van der Waals surface area contributed by atoms with Gasteiger partial charge in [-0.05, 0) is 54.8 Å². The highest BCUT2D eigenvalue weighted by Gasteiger charge is 2.22. The Labute approximate surface area is 180 Å². The van der Waals surface area contributed by atoms with Crippen molar-refractivity contribution in [3.05, 3.63) is 64.4 Å². The Morgan fingerprint density at radius 2 is 1.97 bits per heavy atom. The van der Waals surface area contributed by atoms with E-state index in [-0.39, 0.29) is 23.8 Å². The van der Waals surface area contributed by atoms with Crippen LogP contribution in [0.1, 0.15) is 24.0 Å². The maximum absolute atomic E-state index is 13.2. The molecule has 3 N–H and O–H groups in total. The van der Waals surface area contributed by atoms with Crippen molar-refractivity contribution >= 4 is 29.2 Å². The average molecular weight is 433 g/mol. The molecule has 6 nitrogen and oxygen atoms in total. The number of likely N-dealkylation sites (tertiary alicyclic amines) is 1. The molecule has 0 bridgehead atoms. The minimum atomic E-state index is -0.347. The van der Waals surface area contributed by atoms with Gasteiger partial charge in [0.1, 0.15) is 5.82 Å². The van der Waals surface area contributed by atoms with Crippen LogP contribution in [0, 0.1) is 5.82 Å². The van der Waals surface area contributed by atoms with Gasteiger partial charge in [0, 0.05) is 36.9 Å². The predicted molar refractivity (Wildman–Crippen MR) is 116 cm³/mol. The molecular formula is C22H26ClFN4O2. The second kappa shape index (κ2) is 10.4. The lowest BCUT2D eigenvalue weighted by Crippen LogP contribution is -2.48. The first-order valence-corrected chi connectivity index (χ1v) is 10.3. The van der Waals surface area contributed by atoms with Crippen LogP contribution in [-0.4, -0.2) is 43.0 Å². The lowest BCUT2D eigenvalue weighted by molar-refractivity contribution is -0.119. The smallest absolute Gasteiger partial charge is 0.319 e. The van der Waals surface area contributed by atoms with E-state index in [2.05, 4.69) is 20.9 Å². The molecular weight excluding hydrogens is 407 g/mol. The second-order valence-electron chi connectivity index (χ2n) is 7.46. The van der Waals surface area contributed by atoms with E-state index in [0.717, 1.165) is 30.5 Å². The molecule has 0 saturated carbocycles.